The van der Waals surface area contributed by atoms with Crippen LogP contribution in [0.25, 0.3) is 0 Å². The van der Waals surface area contributed by atoms with E-state index in [0.717, 1.165) is 6.42 Å². The molecule has 0 amide bonds. The van der Waals surface area contributed by atoms with Crippen molar-refractivity contribution in [1.29, 1.82) is 0 Å². The van der Waals surface area contributed by atoms with Gasteiger partial charge in [0.05, 0.1) is 4.83 Å². The number of hydrogen-bond acceptors (Lipinski definition) is 0. The maximum Gasteiger partial charge on any atom is 0.0644 e. The third-order valence-electron chi connectivity index (χ3n) is 3.96. The molecule has 1 heteroatoms. The predicted octanol–water partition coefficient (Wildman–Crippen LogP) is 5.86. The van der Waals surface area contributed by atoms with Gasteiger partial charge in [-0.3, -0.25) is 0 Å². The van der Waals surface area contributed by atoms with Crippen molar-refractivity contribution < 1.29 is 0 Å². The summed E-state index contributed by atoms with van der Waals surface area (Å²) in [6, 6.07) is 19.5. The van der Waals surface area contributed by atoms with Crippen molar-refractivity contribution in [2.75, 3.05) is 0 Å². The van der Waals surface area contributed by atoms with Gasteiger partial charge < -0.3 is 0 Å². The molecule has 0 radical (unpaired) electrons. The molecule has 19 heavy (non-hydrogen) atoms. The molecule has 0 aliphatic rings. The minimum Gasteiger partial charge on any atom is -0.0786 e. The van der Waals surface area contributed by atoms with Crippen LogP contribution in [0, 0.1) is 0 Å². The van der Waals surface area contributed by atoms with E-state index in [2.05, 4.69) is 91.3 Å². The molecule has 0 bridgehead atoms. The number of benzene rings is 2. The lowest BCUT2D eigenvalue weighted by Gasteiger charge is -2.24. The lowest BCUT2D eigenvalue weighted by Crippen LogP contribution is -2.15. The van der Waals surface area contributed by atoms with Gasteiger partial charge in [0.25, 0.3) is 0 Å². The summed E-state index contributed by atoms with van der Waals surface area (Å²) in [5.41, 5.74) is 4.27. The van der Waals surface area contributed by atoms with Gasteiger partial charge in [0.1, 0.15) is 0 Å². The van der Waals surface area contributed by atoms with E-state index in [4.69, 9.17) is 0 Å². The summed E-state index contributed by atoms with van der Waals surface area (Å²) in [5, 5.41) is 0. The van der Waals surface area contributed by atoms with Crippen molar-refractivity contribution in [2.45, 2.75) is 37.4 Å². The van der Waals surface area contributed by atoms with Gasteiger partial charge in [0.2, 0.25) is 0 Å². The van der Waals surface area contributed by atoms with Crippen molar-refractivity contribution in [1.82, 2.24) is 0 Å². The van der Waals surface area contributed by atoms with Crippen molar-refractivity contribution in [3.8, 4) is 0 Å². The van der Waals surface area contributed by atoms with Crippen LogP contribution in [-0.4, -0.2) is 0 Å². The molecule has 0 N–H and O–H groups in total. The minimum absolute atomic E-state index is 0.257. The Kier molecular flexibility index (Phi) is 4.46. The molecule has 0 aromatic heterocycles. The molecular weight excluding hydrogens is 296 g/mol. The van der Waals surface area contributed by atoms with Gasteiger partial charge in [-0.1, -0.05) is 91.3 Å². The van der Waals surface area contributed by atoms with Crippen LogP contribution < -0.4 is 0 Å². The fourth-order valence-electron chi connectivity index (χ4n) is 2.12. The van der Waals surface area contributed by atoms with Gasteiger partial charge in [-0.25, -0.2) is 0 Å². The highest BCUT2D eigenvalue weighted by molar-refractivity contribution is 9.09. The zero-order chi connectivity index (χ0) is 13.9. The first-order valence-electron chi connectivity index (χ1n) is 6.84. The first-order valence-corrected chi connectivity index (χ1v) is 7.75. The summed E-state index contributed by atoms with van der Waals surface area (Å²) in [6.07, 6.45) is 1.16. The lowest BCUT2D eigenvalue weighted by atomic mass is 9.82. The van der Waals surface area contributed by atoms with Gasteiger partial charge in [-0.2, -0.15) is 0 Å². The SMILES string of the molecule is CCC(C)(C)c1ccc(C(Br)c2ccccc2)cc1. The van der Waals surface area contributed by atoms with E-state index in [-0.39, 0.29) is 10.2 Å². The fourth-order valence-corrected chi connectivity index (χ4v) is 2.73. The second-order valence-corrected chi connectivity index (χ2v) is 6.55. The summed E-state index contributed by atoms with van der Waals surface area (Å²) in [5.74, 6) is 0. The summed E-state index contributed by atoms with van der Waals surface area (Å²) >= 11 is 3.79. The van der Waals surface area contributed by atoms with E-state index < -0.39 is 0 Å². The largest absolute Gasteiger partial charge is 0.0786 e. The topological polar surface area (TPSA) is 0 Å². The Morgan fingerprint density at radius 1 is 0.895 bits per heavy atom. The van der Waals surface area contributed by atoms with Gasteiger partial charge in [-0.05, 0) is 28.5 Å². The van der Waals surface area contributed by atoms with Crippen LogP contribution >= 0.6 is 15.9 Å². The first kappa shape index (κ1) is 14.3. The Bertz CT molecular complexity index is 511. The molecule has 0 aliphatic carbocycles. The van der Waals surface area contributed by atoms with E-state index in [1.807, 2.05) is 0 Å². The van der Waals surface area contributed by atoms with Crippen LogP contribution in [0.15, 0.2) is 54.6 Å². The van der Waals surface area contributed by atoms with Crippen molar-refractivity contribution in [3.63, 3.8) is 0 Å². The molecule has 2 rings (SSSR count). The minimum atomic E-state index is 0.257. The molecule has 0 saturated carbocycles. The van der Waals surface area contributed by atoms with Crippen LogP contribution in [-0.2, 0) is 5.41 Å². The Balaban J connectivity index is 2.24. The normalized spacial score (nSPS) is 13.3. The molecule has 0 nitrogen and oxygen atoms in total. The molecule has 0 spiro atoms. The van der Waals surface area contributed by atoms with Crippen molar-refractivity contribution in [3.05, 3.63) is 71.3 Å². The average molecular weight is 317 g/mol. The smallest absolute Gasteiger partial charge is 0.0644 e. The Hall–Kier alpha value is -1.08. The third-order valence-corrected chi connectivity index (χ3v) is 5.02. The van der Waals surface area contributed by atoms with E-state index in [1.165, 1.54) is 16.7 Å². The quantitative estimate of drug-likeness (QED) is 0.620. The van der Waals surface area contributed by atoms with Gasteiger partial charge in [0.15, 0.2) is 0 Å². The molecule has 2 aromatic carbocycles. The van der Waals surface area contributed by atoms with Crippen molar-refractivity contribution >= 4 is 15.9 Å². The number of halogens is 1. The standard InChI is InChI=1S/C18H21Br/c1-4-18(2,3)16-12-10-15(11-13-16)17(19)14-8-6-5-7-9-14/h5-13,17H,4H2,1-3H3. The zero-order valence-corrected chi connectivity index (χ0v) is 13.4. The highest BCUT2D eigenvalue weighted by atomic mass is 79.9. The Morgan fingerprint density at radius 2 is 1.42 bits per heavy atom. The summed E-state index contributed by atoms with van der Waals surface area (Å²) in [6.45, 7) is 6.83. The molecule has 0 heterocycles. The number of alkyl halides is 1. The second kappa shape index (κ2) is 5.92. The van der Waals surface area contributed by atoms with Gasteiger partial charge in [0, 0.05) is 0 Å². The lowest BCUT2D eigenvalue weighted by molar-refractivity contribution is 0.506. The van der Waals surface area contributed by atoms with Crippen LogP contribution in [0.4, 0.5) is 0 Å². The van der Waals surface area contributed by atoms with Crippen LogP contribution in [0.2, 0.25) is 0 Å². The summed E-state index contributed by atoms with van der Waals surface area (Å²) in [4.78, 5) is 0.271. The van der Waals surface area contributed by atoms with Gasteiger partial charge >= 0.3 is 0 Å². The molecule has 0 fully saturated rings. The molecule has 1 unspecified atom stereocenters. The highest BCUT2D eigenvalue weighted by Crippen LogP contribution is 2.33. The molecule has 2 aromatic rings. The van der Waals surface area contributed by atoms with Crippen LogP contribution in [0.1, 0.15) is 48.7 Å². The monoisotopic (exact) mass is 316 g/mol. The van der Waals surface area contributed by atoms with E-state index >= 15 is 0 Å². The number of rotatable bonds is 4. The van der Waals surface area contributed by atoms with Crippen molar-refractivity contribution in [2.24, 2.45) is 0 Å². The van der Waals surface area contributed by atoms with E-state index in [1.54, 1.807) is 0 Å². The van der Waals surface area contributed by atoms with Crippen LogP contribution in [0.5, 0.6) is 0 Å². The van der Waals surface area contributed by atoms with E-state index in [9.17, 15) is 0 Å². The zero-order valence-electron chi connectivity index (χ0n) is 11.9. The summed E-state index contributed by atoms with van der Waals surface area (Å²) in [7, 11) is 0. The Morgan fingerprint density at radius 3 is 1.95 bits per heavy atom. The maximum absolute atomic E-state index is 3.79. The van der Waals surface area contributed by atoms with E-state index in [0.29, 0.717) is 0 Å². The average Bonchev–Trinajstić information content (AvgIpc) is 2.47. The molecule has 0 saturated heterocycles. The third kappa shape index (κ3) is 3.27. The molecule has 1 atom stereocenters. The number of hydrogen-bond donors (Lipinski definition) is 0. The van der Waals surface area contributed by atoms with Gasteiger partial charge in [-0.15, -0.1) is 0 Å². The van der Waals surface area contributed by atoms with Crippen LogP contribution in [0.3, 0.4) is 0 Å². The molecular formula is C18H21Br. The first-order chi connectivity index (χ1) is 9.04. The summed E-state index contributed by atoms with van der Waals surface area (Å²) < 4.78 is 0. The Labute approximate surface area is 125 Å². The molecule has 0 aliphatic heterocycles. The highest BCUT2D eigenvalue weighted by Gasteiger charge is 2.18. The fraction of sp³-hybridized carbons (Fsp3) is 0.333. The second-order valence-electron chi connectivity index (χ2n) is 5.63. The maximum atomic E-state index is 3.79. The molecule has 100 valence electrons. The predicted molar refractivity (Wildman–Crippen MR) is 87.0 cm³/mol.